The molecule has 1 fully saturated rings. The van der Waals surface area contributed by atoms with Gasteiger partial charge in [-0.05, 0) is 38.8 Å². The summed E-state index contributed by atoms with van der Waals surface area (Å²) in [6.45, 7) is 3.88. The van der Waals surface area contributed by atoms with Crippen molar-refractivity contribution in [2.45, 2.75) is 52.0 Å². The molecule has 1 aliphatic rings. The monoisotopic (exact) mass is 302 g/mol. The summed E-state index contributed by atoms with van der Waals surface area (Å²) >= 11 is 0. The number of fused-ring (bicyclic) bond motifs is 1. The van der Waals surface area contributed by atoms with E-state index < -0.39 is 0 Å². The number of oxazole rings is 1. The molecule has 0 aliphatic heterocycles. The second kappa shape index (κ2) is 5.99. The normalized spacial score (nSPS) is 16.3. The maximum absolute atomic E-state index is 12.3. The number of aromatic nitrogens is 1. The number of benzene rings is 1. The highest BCUT2D eigenvalue weighted by Crippen LogP contribution is 2.26. The van der Waals surface area contributed by atoms with Gasteiger partial charge in [0.2, 0.25) is 5.91 Å². The van der Waals surface area contributed by atoms with Gasteiger partial charge in [-0.3, -0.25) is 9.36 Å². The molecule has 0 saturated heterocycles. The van der Waals surface area contributed by atoms with E-state index in [1.54, 1.807) is 10.6 Å². The molecule has 5 nitrogen and oxygen atoms in total. The number of carbonyl (C=O) groups is 1. The predicted octanol–water partition coefficient (Wildman–Crippen LogP) is 3.69. The van der Waals surface area contributed by atoms with Crippen LogP contribution in [0.1, 0.15) is 52.0 Å². The van der Waals surface area contributed by atoms with Crippen molar-refractivity contribution in [2.75, 3.05) is 5.32 Å². The number of anilines is 1. The van der Waals surface area contributed by atoms with Gasteiger partial charge in [0.25, 0.3) is 0 Å². The Hall–Kier alpha value is -2.04. The minimum absolute atomic E-state index is 0.0384. The molecule has 1 aromatic carbocycles. The van der Waals surface area contributed by atoms with Crippen LogP contribution in [0.15, 0.2) is 27.4 Å². The maximum Gasteiger partial charge on any atom is 0.420 e. The van der Waals surface area contributed by atoms with Gasteiger partial charge in [0.1, 0.15) is 0 Å². The molecule has 118 valence electrons. The summed E-state index contributed by atoms with van der Waals surface area (Å²) < 4.78 is 6.90. The Morgan fingerprint density at radius 3 is 2.68 bits per heavy atom. The first-order chi connectivity index (χ1) is 10.6. The summed E-state index contributed by atoms with van der Waals surface area (Å²) in [4.78, 5) is 24.1. The van der Waals surface area contributed by atoms with Crippen molar-refractivity contribution in [3.8, 4) is 0 Å². The SMILES string of the molecule is CC(C)n1c(=O)oc2cc(NC(=O)C3CCCCC3)ccc21. The van der Waals surface area contributed by atoms with E-state index in [1.807, 2.05) is 26.0 Å². The zero-order valence-corrected chi connectivity index (χ0v) is 13.1. The summed E-state index contributed by atoms with van der Waals surface area (Å²) in [5, 5.41) is 2.95. The lowest BCUT2D eigenvalue weighted by atomic mass is 9.88. The quantitative estimate of drug-likeness (QED) is 0.940. The first-order valence-electron chi connectivity index (χ1n) is 8.02. The molecule has 1 amide bonds. The van der Waals surface area contributed by atoms with E-state index in [4.69, 9.17) is 4.42 Å². The van der Waals surface area contributed by atoms with E-state index in [1.165, 1.54) is 6.42 Å². The number of carbonyl (C=O) groups excluding carboxylic acids is 1. The maximum atomic E-state index is 12.3. The van der Waals surface area contributed by atoms with Crippen molar-refractivity contribution in [1.29, 1.82) is 0 Å². The first-order valence-corrected chi connectivity index (χ1v) is 8.02. The molecular formula is C17H22N2O3. The van der Waals surface area contributed by atoms with Gasteiger partial charge in [0, 0.05) is 23.7 Å². The van der Waals surface area contributed by atoms with Gasteiger partial charge in [-0.1, -0.05) is 19.3 Å². The zero-order chi connectivity index (χ0) is 15.7. The minimum atomic E-state index is -0.360. The van der Waals surface area contributed by atoms with Gasteiger partial charge in [-0.2, -0.15) is 0 Å². The van der Waals surface area contributed by atoms with Crippen LogP contribution < -0.4 is 11.1 Å². The third-order valence-electron chi connectivity index (χ3n) is 4.37. The molecule has 0 atom stereocenters. The van der Waals surface area contributed by atoms with E-state index in [-0.39, 0.29) is 23.6 Å². The van der Waals surface area contributed by atoms with Crippen molar-refractivity contribution >= 4 is 22.7 Å². The van der Waals surface area contributed by atoms with Crippen LogP contribution in [0, 0.1) is 5.92 Å². The van der Waals surface area contributed by atoms with Crippen LogP contribution >= 0.6 is 0 Å². The molecule has 0 spiro atoms. The molecule has 3 rings (SSSR count). The van der Waals surface area contributed by atoms with Crippen molar-refractivity contribution in [2.24, 2.45) is 5.92 Å². The van der Waals surface area contributed by atoms with Gasteiger partial charge in [-0.25, -0.2) is 4.79 Å². The number of amides is 1. The topological polar surface area (TPSA) is 64.2 Å². The Morgan fingerprint density at radius 2 is 2.00 bits per heavy atom. The van der Waals surface area contributed by atoms with Crippen LogP contribution in [0.3, 0.4) is 0 Å². The molecule has 1 heterocycles. The van der Waals surface area contributed by atoms with Gasteiger partial charge < -0.3 is 9.73 Å². The molecule has 1 aliphatic carbocycles. The van der Waals surface area contributed by atoms with Crippen molar-refractivity contribution in [1.82, 2.24) is 4.57 Å². The molecule has 2 aromatic rings. The van der Waals surface area contributed by atoms with Crippen LogP contribution in [0.4, 0.5) is 5.69 Å². The highest BCUT2D eigenvalue weighted by molar-refractivity contribution is 5.94. The molecule has 1 saturated carbocycles. The molecule has 0 unspecified atom stereocenters. The Morgan fingerprint density at radius 1 is 1.27 bits per heavy atom. The van der Waals surface area contributed by atoms with E-state index in [0.29, 0.717) is 11.3 Å². The second-order valence-corrected chi connectivity index (χ2v) is 6.34. The first kappa shape index (κ1) is 14.9. The Bertz CT molecular complexity index is 736. The zero-order valence-electron chi connectivity index (χ0n) is 13.1. The van der Waals surface area contributed by atoms with Crippen LogP contribution in [0.5, 0.6) is 0 Å². The summed E-state index contributed by atoms with van der Waals surface area (Å²) in [6, 6.07) is 5.43. The van der Waals surface area contributed by atoms with E-state index >= 15 is 0 Å². The highest BCUT2D eigenvalue weighted by atomic mass is 16.4. The Labute approximate surface area is 129 Å². The molecule has 22 heavy (non-hydrogen) atoms. The second-order valence-electron chi connectivity index (χ2n) is 6.34. The lowest BCUT2D eigenvalue weighted by Crippen LogP contribution is -2.24. The van der Waals surface area contributed by atoms with E-state index in [0.717, 1.165) is 31.2 Å². The van der Waals surface area contributed by atoms with Crippen molar-refractivity contribution < 1.29 is 9.21 Å². The Kier molecular flexibility index (Phi) is 4.05. The largest absolute Gasteiger partial charge is 0.420 e. The van der Waals surface area contributed by atoms with E-state index in [9.17, 15) is 9.59 Å². The fraction of sp³-hybridized carbons (Fsp3) is 0.529. The third kappa shape index (κ3) is 2.80. The van der Waals surface area contributed by atoms with Gasteiger partial charge >= 0.3 is 5.76 Å². The van der Waals surface area contributed by atoms with Crippen molar-refractivity contribution in [3.05, 3.63) is 28.7 Å². The molecule has 1 aromatic heterocycles. The summed E-state index contributed by atoms with van der Waals surface area (Å²) in [7, 11) is 0. The van der Waals surface area contributed by atoms with Crippen LogP contribution in [-0.4, -0.2) is 10.5 Å². The standard InChI is InChI=1S/C17H22N2O3/c1-11(2)19-14-9-8-13(10-15(14)22-17(19)21)18-16(20)12-6-4-3-5-7-12/h8-12H,3-7H2,1-2H3,(H,18,20). The molecule has 0 bridgehead atoms. The number of hydrogen-bond acceptors (Lipinski definition) is 3. The van der Waals surface area contributed by atoms with Crippen LogP contribution in [-0.2, 0) is 4.79 Å². The number of hydrogen-bond donors (Lipinski definition) is 1. The molecule has 0 radical (unpaired) electrons. The number of nitrogens with zero attached hydrogens (tertiary/aromatic N) is 1. The average Bonchev–Trinajstić information content (AvgIpc) is 2.83. The van der Waals surface area contributed by atoms with Gasteiger partial charge in [0.15, 0.2) is 5.58 Å². The van der Waals surface area contributed by atoms with Crippen molar-refractivity contribution in [3.63, 3.8) is 0 Å². The summed E-state index contributed by atoms with van der Waals surface area (Å²) in [5.41, 5.74) is 1.96. The average molecular weight is 302 g/mol. The number of rotatable bonds is 3. The molecular weight excluding hydrogens is 280 g/mol. The summed E-state index contributed by atoms with van der Waals surface area (Å²) in [5.74, 6) is -0.179. The van der Waals surface area contributed by atoms with Gasteiger partial charge in [0.05, 0.1) is 5.52 Å². The number of nitrogens with one attached hydrogen (secondary N) is 1. The van der Waals surface area contributed by atoms with Crippen LogP contribution in [0.25, 0.3) is 11.1 Å². The van der Waals surface area contributed by atoms with Gasteiger partial charge in [-0.15, -0.1) is 0 Å². The minimum Gasteiger partial charge on any atom is -0.408 e. The fourth-order valence-corrected chi connectivity index (χ4v) is 3.21. The fourth-order valence-electron chi connectivity index (χ4n) is 3.21. The molecule has 5 heteroatoms. The van der Waals surface area contributed by atoms with E-state index in [2.05, 4.69) is 5.32 Å². The van der Waals surface area contributed by atoms with Crippen LogP contribution in [0.2, 0.25) is 0 Å². The Balaban J connectivity index is 1.83. The smallest absolute Gasteiger partial charge is 0.408 e. The third-order valence-corrected chi connectivity index (χ3v) is 4.37. The summed E-state index contributed by atoms with van der Waals surface area (Å²) in [6.07, 6.45) is 5.41. The highest BCUT2D eigenvalue weighted by Gasteiger charge is 2.21. The lowest BCUT2D eigenvalue weighted by Gasteiger charge is -2.20. The lowest BCUT2D eigenvalue weighted by molar-refractivity contribution is -0.120. The molecule has 1 N–H and O–H groups in total. The predicted molar refractivity (Wildman–Crippen MR) is 86.1 cm³/mol.